The highest BCUT2D eigenvalue weighted by atomic mass is 16.5. The molecular formula is C24H28N4O. The number of nitrogens with one attached hydrogen (secondary N) is 2. The van der Waals surface area contributed by atoms with Crippen LogP contribution in [-0.2, 0) is 31.0 Å². The lowest BCUT2D eigenvalue weighted by Crippen LogP contribution is -2.37. The monoisotopic (exact) mass is 388 g/mol. The number of nitrogens with zero attached hydrogens (tertiary/aromatic N) is 2. The summed E-state index contributed by atoms with van der Waals surface area (Å²) in [6, 6.07) is 24.4. The van der Waals surface area contributed by atoms with E-state index in [1.54, 1.807) is 6.20 Å². The number of aromatic nitrogens is 1. The van der Waals surface area contributed by atoms with Crippen molar-refractivity contribution in [1.29, 1.82) is 0 Å². The summed E-state index contributed by atoms with van der Waals surface area (Å²) < 4.78 is 5.92. The highest BCUT2D eigenvalue weighted by molar-refractivity contribution is 5.79. The van der Waals surface area contributed by atoms with Crippen LogP contribution >= 0.6 is 0 Å². The fourth-order valence-corrected chi connectivity index (χ4v) is 2.89. The topological polar surface area (TPSA) is 58.5 Å². The Morgan fingerprint density at radius 2 is 1.62 bits per heavy atom. The standard InChI is InChI=1S/C24H28N4O/c1-2-25-24(28-17-23-14-8-9-15-26-23)27-16-21-12-6-7-13-22(21)19-29-18-20-10-4-3-5-11-20/h3-15H,2,16-19H2,1H3,(H2,25,27,28). The Bertz CT molecular complexity index is 882. The summed E-state index contributed by atoms with van der Waals surface area (Å²) in [5, 5.41) is 6.62. The van der Waals surface area contributed by atoms with Gasteiger partial charge < -0.3 is 15.4 Å². The molecule has 0 bridgehead atoms. The van der Waals surface area contributed by atoms with Gasteiger partial charge in [-0.15, -0.1) is 0 Å². The van der Waals surface area contributed by atoms with E-state index in [1.165, 1.54) is 5.56 Å². The van der Waals surface area contributed by atoms with Crippen molar-refractivity contribution in [1.82, 2.24) is 15.6 Å². The molecule has 29 heavy (non-hydrogen) atoms. The third-order valence-electron chi connectivity index (χ3n) is 4.40. The summed E-state index contributed by atoms with van der Waals surface area (Å²) in [7, 11) is 0. The van der Waals surface area contributed by atoms with Crippen molar-refractivity contribution >= 4 is 5.96 Å². The van der Waals surface area contributed by atoms with Gasteiger partial charge in [0.05, 0.1) is 32.0 Å². The number of hydrogen-bond donors (Lipinski definition) is 2. The molecule has 0 atom stereocenters. The van der Waals surface area contributed by atoms with Crippen LogP contribution in [0.15, 0.2) is 84.0 Å². The second-order valence-corrected chi connectivity index (χ2v) is 6.62. The zero-order valence-corrected chi connectivity index (χ0v) is 16.8. The molecule has 0 aliphatic heterocycles. The number of ether oxygens (including phenoxy) is 1. The van der Waals surface area contributed by atoms with Crippen LogP contribution in [0, 0.1) is 0 Å². The Morgan fingerprint density at radius 1 is 0.862 bits per heavy atom. The molecule has 2 aromatic carbocycles. The summed E-state index contributed by atoms with van der Waals surface area (Å²) in [4.78, 5) is 9.08. The maximum Gasteiger partial charge on any atom is 0.191 e. The number of benzene rings is 2. The van der Waals surface area contributed by atoms with E-state index in [4.69, 9.17) is 9.73 Å². The minimum absolute atomic E-state index is 0.568. The van der Waals surface area contributed by atoms with E-state index in [1.807, 2.05) is 48.5 Å². The van der Waals surface area contributed by atoms with Crippen LogP contribution < -0.4 is 10.6 Å². The molecule has 0 saturated carbocycles. The minimum Gasteiger partial charge on any atom is -0.372 e. The van der Waals surface area contributed by atoms with E-state index in [0.29, 0.717) is 26.3 Å². The zero-order chi connectivity index (χ0) is 20.2. The number of guanidine groups is 1. The molecule has 0 radical (unpaired) electrons. The maximum absolute atomic E-state index is 5.92. The fraction of sp³-hybridized carbons (Fsp3) is 0.250. The molecule has 3 aromatic rings. The van der Waals surface area contributed by atoms with Crippen LogP contribution in [-0.4, -0.2) is 17.5 Å². The van der Waals surface area contributed by atoms with Gasteiger partial charge >= 0.3 is 0 Å². The first kappa shape index (κ1) is 20.6. The minimum atomic E-state index is 0.568. The Kier molecular flexibility index (Phi) is 8.23. The average Bonchev–Trinajstić information content (AvgIpc) is 2.78. The Morgan fingerprint density at radius 3 is 2.38 bits per heavy atom. The number of aliphatic imine (C=N–C) groups is 1. The van der Waals surface area contributed by atoms with E-state index in [9.17, 15) is 0 Å². The molecule has 3 rings (SSSR count). The van der Waals surface area contributed by atoms with Crippen LogP contribution in [0.5, 0.6) is 0 Å². The van der Waals surface area contributed by atoms with Gasteiger partial charge in [-0.1, -0.05) is 60.7 Å². The van der Waals surface area contributed by atoms with Crippen molar-refractivity contribution < 1.29 is 4.74 Å². The molecule has 0 aliphatic carbocycles. The second kappa shape index (κ2) is 11.6. The van der Waals surface area contributed by atoms with Crippen molar-refractivity contribution in [3.05, 3.63) is 101 Å². The number of rotatable bonds is 9. The summed E-state index contributed by atoms with van der Waals surface area (Å²) >= 11 is 0. The van der Waals surface area contributed by atoms with Gasteiger partial charge in [0.1, 0.15) is 0 Å². The molecule has 1 heterocycles. The Hall–Kier alpha value is -3.18. The second-order valence-electron chi connectivity index (χ2n) is 6.62. The summed E-state index contributed by atoms with van der Waals surface area (Å²) in [5.41, 5.74) is 4.48. The van der Waals surface area contributed by atoms with Crippen LogP contribution in [0.1, 0.15) is 29.3 Å². The van der Waals surface area contributed by atoms with Gasteiger partial charge in [0.25, 0.3) is 0 Å². The van der Waals surface area contributed by atoms with Crippen molar-refractivity contribution in [2.75, 3.05) is 6.54 Å². The molecular weight excluding hydrogens is 360 g/mol. The number of pyridine rings is 1. The predicted molar refractivity (Wildman–Crippen MR) is 117 cm³/mol. The van der Waals surface area contributed by atoms with E-state index >= 15 is 0 Å². The molecule has 5 heteroatoms. The van der Waals surface area contributed by atoms with Gasteiger partial charge in [-0.3, -0.25) is 4.98 Å². The van der Waals surface area contributed by atoms with Gasteiger partial charge in [0.15, 0.2) is 5.96 Å². The van der Waals surface area contributed by atoms with Gasteiger partial charge in [-0.25, -0.2) is 4.99 Å². The third kappa shape index (κ3) is 7.05. The molecule has 0 saturated heterocycles. The van der Waals surface area contributed by atoms with Crippen molar-refractivity contribution in [3.63, 3.8) is 0 Å². The van der Waals surface area contributed by atoms with Crippen molar-refractivity contribution in [3.8, 4) is 0 Å². The molecule has 1 aromatic heterocycles. The first-order valence-electron chi connectivity index (χ1n) is 9.95. The molecule has 0 aliphatic rings. The van der Waals surface area contributed by atoms with Gasteiger partial charge in [0.2, 0.25) is 0 Å². The van der Waals surface area contributed by atoms with Crippen LogP contribution in [0.2, 0.25) is 0 Å². The van der Waals surface area contributed by atoms with Crippen molar-refractivity contribution in [2.45, 2.75) is 33.2 Å². The summed E-state index contributed by atoms with van der Waals surface area (Å²) in [5.74, 6) is 0.776. The van der Waals surface area contributed by atoms with Gasteiger partial charge in [-0.05, 0) is 35.7 Å². The largest absolute Gasteiger partial charge is 0.372 e. The molecule has 2 N–H and O–H groups in total. The maximum atomic E-state index is 5.92. The lowest BCUT2D eigenvalue weighted by Gasteiger charge is -2.12. The molecule has 0 fully saturated rings. The average molecular weight is 389 g/mol. The van der Waals surface area contributed by atoms with Crippen LogP contribution in [0.3, 0.4) is 0 Å². The lowest BCUT2D eigenvalue weighted by atomic mass is 10.1. The Labute approximate surface area is 172 Å². The summed E-state index contributed by atoms with van der Waals surface area (Å²) in [6.07, 6.45) is 1.80. The van der Waals surface area contributed by atoms with Crippen LogP contribution in [0.4, 0.5) is 0 Å². The number of hydrogen-bond acceptors (Lipinski definition) is 3. The molecule has 5 nitrogen and oxygen atoms in total. The van der Waals surface area contributed by atoms with Gasteiger partial charge in [-0.2, -0.15) is 0 Å². The lowest BCUT2D eigenvalue weighted by molar-refractivity contribution is 0.106. The Balaban J connectivity index is 1.58. The molecule has 0 unspecified atom stereocenters. The predicted octanol–water partition coefficient (Wildman–Crippen LogP) is 4.05. The van der Waals surface area contributed by atoms with E-state index in [2.05, 4.69) is 46.8 Å². The third-order valence-corrected chi connectivity index (χ3v) is 4.40. The van der Waals surface area contributed by atoms with Gasteiger partial charge in [0, 0.05) is 12.7 Å². The quantitative estimate of drug-likeness (QED) is 0.429. The van der Waals surface area contributed by atoms with E-state index in [0.717, 1.165) is 29.3 Å². The SMILES string of the molecule is CCNC(=NCc1ccccc1COCc1ccccc1)NCc1ccccn1. The highest BCUT2D eigenvalue weighted by Crippen LogP contribution is 2.13. The van der Waals surface area contributed by atoms with E-state index in [-0.39, 0.29) is 0 Å². The molecule has 0 spiro atoms. The molecule has 150 valence electrons. The van der Waals surface area contributed by atoms with E-state index < -0.39 is 0 Å². The summed E-state index contributed by atoms with van der Waals surface area (Å²) in [6.45, 7) is 5.25. The first-order chi connectivity index (χ1) is 14.3. The molecule has 0 amide bonds. The van der Waals surface area contributed by atoms with Crippen LogP contribution in [0.25, 0.3) is 0 Å². The fourth-order valence-electron chi connectivity index (χ4n) is 2.89. The highest BCUT2D eigenvalue weighted by Gasteiger charge is 2.04. The smallest absolute Gasteiger partial charge is 0.191 e. The normalized spacial score (nSPS) is 11.3. The van der Waals surface area contributed by atoms with Crippen molar-refractivity contribution in [2.24, 2.45) is 4.99 Å². The zero-order valence-electron chi connectivity index (χ0n) is 16.8. The first-order valence-corrected chi connectivity index (χ1v) is 9.95.